The average molecular weight is 227 g/mol. The molecule has 12 heavy (non-hydrogen) atoms. The largest absolute Gasteiger partial charge is 0.489 e. The van der Waals surface area contributed by atoms with Crippen LogP contribution in [0.5, 0.6) is 5.75 Å². The van der Waals surface area contributed by atoms with Crippen LogP contribution in [0.1, 0.15) is 18.4 Å². The number of aryl methyl sites for hydroxylation is 1. The molecule has 0 heterocycles. The summed E-state index contributed by atoms with van der Waals surface area (Å²) in [4.78, 5) is 0. The van der Waals surface area contributed by atoms with E-state index in [1.165, 1.54) is 18.4 Å². The van der Waals surface area contributed by atoms with Gasteiger partial charge in [0.15, 0.2) is 0 Å². The second kappa shape index (κ2) is 3.09. The van der Waals surface area contributed by atoms with Crippen LogP contribution < -0.4 is 4.74 Å². The minimum atomic E-state index is 0.474. The van der Waals surface area contributed by atoms with Crippen LogP contribution in [0, 0.1) is 6.92 Å². The van der Waals surface area contributed by atoms with Crippen LogP contribution in [0.2, 0.25) is 0 Å². The number of ether oxygens (including phenoxy) is 1. The maximum atomic E-state index is 5.74. The van der Waals surface area contributed by atoms with Crippen LogP contribution in [0.15, 0.2) is 22.7 Å². The van der Waals surface area contributed by atoms with Gasteiger partial charge in [0.1, 0.15) is 5.75 Å². The van der Waals surface area contributed by atoms with Gasteiger partial charge in [0, 0.05) is 0 Å². The van der Waals surface area contributed by atoms with Gasteiger partial charge in [-0.1, -0.05) is 12.1 Å². The third-order valence-corrected chi connectivity index (χ3v) is 2.60. The molecule has 2 rings (SSSR count). The Morgan fingerprint density at radius 1 is 1.42 bits per heavy atom. The summed E-state index contributed by atoms with van der Waals surface area (Å²) in [5, 5.41) is 0. The maximum Gasteiger partial charge on any atom is 0.136 e. The van der Waals surface area contributed by atoms with E-state index in [1.807, 2.05) is 12.1 Å². The Kier molecular flexibility index (Phi) is 2.09. The van der Waals surface area contributed by atoms with E-state index in [-0.39, 0.29) is 0 Å². The zero-order valence-electron chi connectivity index (χ0n) is 7.01. The van der Waals surface area contributed by atoms with Crippen molar-refractivity contribution in [1.82, 2.24) is 0 Å². The summed E-state index contributed by atoms with van der Waals surface area (Å²) in [5.74, 6) is 1.01. The lowest BCUT2D eigenvalue weighted by molar-refractivity contribution is 0.299. The van der Waals surface area contributed by atoms with Crippen LogP contribution >= 0.6 is 15.9 Å². The standard InChI is InChI=1S/C10H11BrO/c1-7-3-2-4-9(11)10(7)12-8-5-6-8/h2-4,8H,5-6H2,1H3. The number of hydrogen-bond acceptors (Lipinski definition) is 1. The molecule has 0 spiro atoms. The molecule has 2 heteroatoms. The van der Waals surface area contributed by atoms with Crippen molar-refractivity contribution >= 4 is 15.9 Å². The fourth-order valence-electron chi connectivity index (χ4n) is 1.12. The Hall–Kier alpha value is -0.500. The van der Waals surface area contributed by atoms with Gasteiger partial charge in [0.05, 0.1) is 10.6 Å². The highest BCUT2D eigenvalue weighted by Gasteiger charge is 2.24. The number of benzene rings is 1. The van der Waals surface area contributed by atoms with Gasteiger partial charge < -0.3 is 4.74 Å². The van der Waals surface area contributed by atoms with Crippen molar-refractivity contribution in [3.63, 3.8) is 0 Å². The number of hydrogen-bond donors (Lipinski definition) is 0. The molecule has 0 N–H and O–H groups in total. The average Bonchev–Trinajstić information content (AvgIpc) is 2.80. The lowest BCUT2D eigenvalue weighted by atomic mass is 10.2. The van der Waals surface area contributed by atoms with E-state index in [0.29, 0.717) is 6.10 Å². The summed E-state index contributed by atoms with van der Waals surface area (Å²) in [6.07, 6.45) is 2.89. The highest BCUT2D eigenvalue weighted by Crippen LogP contribution is 2.34. The lowest BCUT2D eigenvalue weighted by Crippen LogP contribution is -1.98. The third kappa shape index (κ3) is 1.63. The molecular weight excluding hydrogens is 216 g/mol. The van der Waals surface area contributed by atoms with Crippen LogP contribution in [0.25, 0.3) is 0 Å². The molecule has 1 aromatic carbocycles. The Balaban J connectivity index is 2.26. The van der Waals surface area contributed by atoms with Gasteiger partial charge in [-0.25, -0.2) is 0 Å². The molecular formula is C10H11BrO. The van der Waals surface area contributed by atoms with Gasteiger partial charge in [-0.2, -0.15) is 0 Å². The van der Waals surface area contributed by atoms with Gasteiger partial charge in [-0.15, -0.1) is 0 Å². The number of halogens is 1. The molecule has 0 amide bonds. The topological polar surface area (TPSA) is 9.23 Å². The summed E-state index contributed by atoms with van der Waals surface area (Å²) in [7, 11) is 0. The second-order valence-corrected chi connectivity index (χ2v) is 4.06. The minimum Gasteiger partial charge on any atom is -0.489 e. The van der Waals surface area contributed by atoms with Gasteiger partial charge in [-0.05, 0) is 47.3 Å². The maximum absolute atomic E-state index is 5.74. The van der Waals surface area contributed by atoms with Gasteiger partial charge in [-0.3, -0.25) is 0 Å². The molecule has 1 aliphatic rings. The number of rotatable bonds is 2. The van der Waals surface area contributed by atoms with E-state index in [2.05, 4.69) is 28.9 Å². The SMILES string of the molecule is Cc1cccc(Br)c1OC1CC1. The molecule has 1 aliphatic carbocycles. The normalized spacial score (nSPS) is 16.2. The fourth-order valence-corrected chi connectivity index (χ4v) is 1.68. The molecule has 64 valence electrons. The van der Waals surface area contributed by atoms with E-state index in [4.69, 9.17) is 4.74 Å². The Labute approximate surface area is 80.9 Å². The van der Waals surface area contributed by atoms with E-state index >= 15 is 0 Å². The van der Waals surface area contributed by atoms with Gasteiger partial charge in [0.2, 0.25) is 0 Å². The Morgan fingerprint density at radius 2 is 2.17 bits per heavy atom. The zero-order chi connectivity index (χ0) is 8.55. The second-order valence-electron chi connectivity index (χ2n) is 3.20. The van der Waals surface area contributed by atoms with E-state index < -0.39 is 0 Å². The van der Waals surface area contributed by atoms with E-state index in [0.717, 1.165) is 10.2 Å². The van der Waals surface area contributed by atoms with Crippen LogP contribution in [-0.4, -0.2) is 6.10 Å². The van der Waals surface area contributed by atoms with Crippen molar-refractivity contribution in [3.05, 3.63) is 28.2 Å². The lowest BCUT2D eigenvalue weighted by Gasteiger charge is -2.09. The molecule has 0 saturated heterocycles. The zero-order valence-corrected chi connectivity index (χ0v) is 8.60. The Bertz CT molecular complexity index is 272. The van der Waals surface area contributed by atoms with Crippen molar-refractivity contribution in [1.29, 1.82) is 0 Å². The van der Waals surface area contributed by atoms with Crippen LogP contribution in [0.3, 0.4) is 0 Å². The first-order valence-corrected chi connectivity index (χ1v) is 4.98. The van der Waals surface area contributed by atoms with Crippen LogP contribution in [-0.2, 0) is 0 Å². The highest BCUT2D eigenvalue weighted by atomic mass is 79.9. The summed E-state index contributed by atoms with van der Waals surface area (Å²) < 4.78 is 6.80. The summed E-state index contributed by atoms with van der Waals surface area (Å²) >= 11 is 3.48. The third-order valence-electron chi connectivity index (χ3n) is 1.97. The van der Waals surface area contributed by atoms with Crippen molar-refractivity contribution in [2.45, 2.75) is 25.9 Å². The summed E-state index contributed by atoms with van der Waals surface area (Å²) in [6.45, 7) is 2.07. The molecule has 1 nitrogen and oxygen atoms in total. The molecule has 0 aromatic heterocycles. The van der Waals surface area contributed by atoms with Crippen molar-refractivity contribution in [2.24, 2.45) is 0 Å². The van der Waals surface area contributed by atoms with Gasteiger partial charge in [0.25, 0.3) is 0 Å². The molecule has 0 atom stereocenters. The Morgan fingerprint density at radius 3 is 2.75 bits per heavy atom. The van der Waals surface area contributed by atoms with Crippen molar-refractivity contribution < 1.29 is 4.74 Å². The quantitative estimate of drug-likeness (QED) is 0.753. The fraction of sp³-hybridized carbons (Fsp3) is 0.400. The highest BCUT2D eigenvalue weighted by molar-refractivity contribution is 9.10. The molecule has 1 saturated carbocycles. The molecule has 1 aromatic rings. The molecule has 1 fully saturated rings. The summed E-state index contributed by atoms with van der Waals surface area (Å²) in [5.41, 5.74) is 1.20. The number of para-hydroxylation sites is 1. The van der Waals surface area contributed by atoms with Crippen LogP contribution in [0.4, 0.5) is 0 Å². The molecule has 0 unspecified atom stereocenters. The first-order chi connectivity index (χ1) is 5.77. The molecule has 0 bridgehead atoms. The van der Waals surface area contributed by atoms with Crippen molar-refractivity contribution in [3.8, 4) is 5.75 Å². The first kappa shape index (κ1) is 8.11. The van der Waals surface area contributed by atoms with Gasteiger partial charge >= 0.3 is 0 Å². The molecule has 0 aliphatic heterocycles. The van der Waals surface area contributed by atoms with E-state index in [1.54, 1.807) is 0 Å². The predicted octanol–water partition coefficient (Wildman–Crippen LogP) is 3.30. The molecule has 0 radical (unpaired) electrons. The minimum absolute atomic E-state index is 0.474. The van der Waals surface area contributed by atoms with Crippen molar-refractivity contribution in [2.75, 3.05) is 0 Å². The monoisotopic (exact) mass is 226 g/mol. The summed E-state index contributed by atoms with van der Waals surface area (Å²) in [6, 6.07) is 6.12. The van der Waals surface area contributed by atoms with E-state index in [9.17, 15) is 0 Å². The predicted molar refractivity (Wildman–Crippen MR) is 52.5 cm³/mol. The first-order valence-electron chi connectivity index (χ1n) is 4.19. The smallest absolute Gasteiger partial charge is 0.136 e.